The summed E-state index contributed by atoms with van der Waals surface area (Å²) in [6.07, 6.45) is 0. The topological polar surface area (TPSA) is 68.5 Å². The second kappa shape index (κ2) is 6.89. The number of nitrogens with one attached hydrogen (secondary N) is 1. The van der Waals surface area contributed by atoms with E-state index in [1.165, 1.54) is 12.1 Å². The fraction of sp³-hybridized carbons (Fsp3) is 0.250. The van der Waals surface area contributed by atoms with Gasteiger partial charge < -0.3 is 14.5 Å². The van der Waals surface area contributed by atoms with Gasteiger partial charge in [0.05, 0.1) is 0 Å². The molecule has 22 heavy (non-hydrogen) atoms. The monoisotopic (exact) mass is 305 g/mol. The molecule has 0 spiro atoms. The van der Waals surface area contributed by atoms with E-state index in [2.05, 4.69) is 5.32 Å². The van der Waals surface area contributed by atoms with Crippen LogP contribution in [0.3, 0.4) is 0 Å². The number of ether oxygens (including phenoxy) is 1. The molecule has 0 atom stereocenters. The first-order valence-corrected chi connectivity index (χ1v) is 6.71. The second-order valence-corrected chi connectivity index (χ2v) is 4.81. The Kier molecular flexibility index (Phi) is 4.93. The lowest BCUT2D eigenvalue weighted by Crippen LogP contribution is -2.28. The fourth-order valence-corrected chi connectivity index (χ4v) is 1.90. The second-order valence-electron chi connectivity index (χ2n) is 4.81. The zero-order valence-corrected chi connectivity index (χ0v) is 12.3. The molecule has 5 nitrogen and oxygen atoms in total. The average molecular weight is 305 g/mol. The van der Waals surface area contributed by atoms with Crippen molar-refractivity contribution in [1.29, 1.82) is 0 Å². The van der Waals surface area contributed by atoms with E-state index in [0.717, 1.165) is 5.56 Å². The van der Waals surface area contributed by atoms with E-state index < -0.39 is 11.9 Å². The average Bonchev–Trinajstić information content (AvgIpc) is 2.83. The number of halogens is 1. The predicted octanol–water partition coefficient (Wildman–Crippen LogP) is 2.51. The van der Waals surface area contributed by atoms with Gasteiger partial charge in [0, 0.05) is 6.54 Å². The van der Waals surface area contributed by atoms with Gasteiger partial charge in [-0.25, -0.2) is 9.18 Å². The van der Waals surface area contributed by atoms with E-state index in [9.17, 15) is 14.0 Å². The van der Waals surface area contributed by atoms with E-state index in [1.54, 1.807) is 32.0 Å². The van der Waals surface area contributed by atoms with Crippen LogP contribution < -0.4 is 5.32 Å². The van der Waals surface area contributed by atoms with Crippen LogP contribution >= 0.6 is 0 Å². The van der Waals surface area contributed by atoms with Crippen LogP contribution in [0, 0.1) is 19.7 Å². The van der Waals surface area contributed by atoms with Crippen molar-refractivity contribution in [2.24, 2.45) is 0 Å². The Balaban J connectivity index is 1.79. The molecule has 0 radical (unpaired) electrons. The van der Waals surface area contributed by atoms with Crippen molar-refractivity contribution < 1.29 is 23.1 Å². The van der Waals surface area contributed by atoms with Crippen LogP contribution in [0.25, 0.3) is 0 Å². The Morgan fingerprint density at radius 3 is 2.50 bits per heavy atom. The molecular formula is C16H16FNO4. The van der Waals surface area contributed by atoms with E-state index in [4.69, 9.17) is 9.15 Å². The normalized spacial score (nSPS) is 10.3. The molecule has 116 valence electrons. The number of aryl methyl sites for hydroxylation is 2. The zero-order chi connectivity index (χ0) is 16.1. The lowest BCUT2D eigenvalue weighted by atomic mass is 10.2. The van der Waals surface area contributed by atoms with Crippen LogP contribution in [0.1, 0.15) is 27.4 Å². The third-order valence-electron chi connectivity index (χ3n) is 3.00. The van der Waals surface area contributed by atoms with Crippen LogP contribution in [0.4, 0.5) is 4.39 Å². The molecule has 1 heterocycles. The summed E-state index contributed by atoms with van der Waals surface area (Å²) >= 11 is 0. The molecule has 0 fully saturated rings. The maximum Gasteiger partial charge on any atom is 0.342 e. The van der Waals surface area contributed by atoms with Crippen LogP contribution in [0.5, 0.6) is 0 Å². The third kappa shape index (κ3) is 4.18. The summed E-state index contributed by atoms with van der Waals surface area (Å²) in [5, 5.41) is 2.58. The van der Waals surface area contributed by atoms with Crippen LogP contribution in [-0.2, 0) is 16.1 Å². The lowest BCUT2D eigenvalue weighted by Gasteiger charge is -2.06. The smallest absolute Gasteiger partial charge is 0.342 e. The molecule has 2 aromatic rings. The Hall–Kier alpha value is -2.63. The number of carbonyl (C=O) groups is 2. The molecule has 0 bridgehead atoms. The summed E-state index contributed by atoms with van der Waals surface area (Å²) in [5.41, 5.74) is 1.06. The lowest BCUT2D eigenvalue weighted by molar-refractivity contribution is -0.124. The summed E-state index contributed by atoms with van der Waals surface area (Å²) in [6, 6.07) is 7.32. The van der Waals surface area contributed by atoms with Crippen molar-refractivity contribution in [3.05, 3.63) is 58.8 Å². The van der Waals surface area contributed by atoms with Gasteiger partial charge in [-0.3, -0.25) is 4.79 Å². The van der Waals surface area contributed by atoms with E-state index >= 15 is 0 Å². The number of esters is 1. The van der Waals surface area contributed by atoms with Gasteiger partial charge in [0.1, 0.15) is 22.9 Å². The summed E-state index contributed by atoms with van der Waals surface area (Å²) in [4.78, 5) is 23.4. The first-order valence-electron chi connectivity index (χ1n) is 6.71. The van der Waals surface area contributed by atoms with Crippen LogP contribution in [0.2, 0.25) is 0 Å². The maximum atomic E-state index is 12.7. The molecule has 1 N–H and O–H groups in total. The molecule has 1 aromatic heterocycles. The van der Waals surface area contributed by atoms with Gasteiger partial charge in [-0.2, -0.15) is 0 Å². The largest absolute Gasteiger partial charge is 0.466 e. The van der Waals surface area contributed by atoms with Gasteiger partial charge in [0.25, 0.3) is 5.91 Å². The molecule has 0 unspecified atom stereocenters. The molecule has 0 aliphatic heterocycles. The van der Waals surface area contributed by atoms with Crippen molar-refractivity contribution in [3.8, 4) is 0 Å². The van der Waals surface area contributed by atoms with E-state index in [1.807, 2.05) is 0 Å². The molecule has 2 rings (SSSR count). The first-order chi connectivity index (χ1) is 10.5. The van der Waals surface area contributed by atoms with Crippen LogP contribution in [-0.4, -0.2) is 18.5 Å². The number of amides is 1. The maximum absolute atomic E-state index is 12.7. The highest BCUT2D eigenvalue weighted by Gasteiger charge is 2.16. The number of hydrogen-bond donors (Lipinski definition) is 1. The number of benzene rings is 1. The summed E-state index contributed by atoms with van der Waals surface area (Å²) in [6.45, 7) is 3.22. The highest BCUT2D eigenvalue weighted by atomic mass is 19.1. The molecule has 1 aromatic carbocycles. The number of carbonyl (C=O) groups excluding carboxylic acids is 2. The first kappa shape index (κ1) is 15.8. The predicted molar refractivity (Wildman–Crippen MR) is 76.7 cm³/mol. The van der Waals surface area contributed by atoms with Crippen LogP contribution in [0.15, 0.2) is 34.7 Å². The van der Waals surface area contributed by atoms with E-state index in [-0.39, 0.29) is 19.0 Å². The summed E-state index contributed by atoms with van der Waals surface area (Å²) < 4.78 is 22.9. The van der Waals surface area contributed by atoms with Gasteiger partial charge in [-0.15, -0.1) is 0 Å². The highest BCUT2D eigenvalue weighted by Crippen LogP contribution is 2.14. The van der Waals surface area contributed by atoms with Crippen molar-refractivity contribution in [1.82, 2.24) is 5.32 Å². The quantitative estimate of drug-likeness (QED) is 0.862. The minimum absolute atomic E-state index is 0.237. The standard InChI is InChI=1S/C16H16FNO4/c1-10-7-14(11(2)22-10)16(20)21-9-15(19)18-8-12-3-5-13(17)6-4-12/h3-7H,8-9H2,1-2H3,(H,18,19). The van der Waals surface area contributed by atoms with Crippen molar-refractivity contribution >= 4 is 11.9 Å². The Morgan fingerprint density at radius 1 is 1.23 bits per heavy atom. The summed E-state index contributed by atoms with van der Waals surface area (Å²) in [5.74, 6) is -0.323. The molecule has 0 aliphatic rings. The number of rotatable bonds is 5. The van der Waals surface area contributed by atoms with Gasteiger partial charge >= 0.3 is 5.97 Å². The van der Waals surface area contributed by atoms with E-state index in [0.29, 0.717) is 17.1 Å². The van der Waals surface area contributed by atoms with Crippen molar-refractivity contribution in [2.75, 3.05) is 6.61 Å². The Labute approximate surface area is 127 Å². The molecule has 1 amide bonds. The minimum atomic E-state index is -0.605. The molecule has 0 saturated carbocycles. The Morgan fingerprint density at radius 2 is 1.91 bits per heavy atom. The minimum Gasteiger partial charge on any atom is -0.466 e. The van der Waals surface area contributed by atoms with Gasteiger partial charge in [-0.05, 0) is 37.6 Å². The SMILES string of the molecule is Cc1cc(C(=O)OCC(=O)NCc2ccc(F)cc2)c(C)o1. The fourth-order valence-electron chi connectivity index (χ4n) is 1.90. The Bertz CT molecular complexity index is 676. The number of furan rings is 1. The highest BCUT2D eigenvalue weighted by molar-refractivity contribution is 5.92. The molecular weight excluding hydrogens is 289 g/mol. The third-order valence-corrected chi connectivity index (χ3v) is 3.00. The van der Waals surface area contributed by atoms with Crippen molar-refractivity contribution in [3.63, 3.8) is 0 Å². The zero-order valence-electron chi connectivity index (χ0n) is 12.3. The van der Waals surface area contributed by atoms with Gasteiger partial charge in [0.15, 0.2) is 6.61 Å². The summed E-state index contributed by atoms with van der Waals surface area (Å²) in [7, 11) is 0. The molecule has 0 saturated heterocycles. The van der Waals surface area contributed by atoms with Gasteiger partial charge in [0.2, 0.25) is 0 Å². The molecule has 0 aliphatic carbocycles. The van der Waals surface area contributed by atoms with Gasteiger partial charge in [-0.1, -0.05) is 12.1 Å². The number of hydrogen-bond acceptors (Lipinski definition) is 4. The van der Waals surface area contributed by atoms with Crippen molar-refractivity contribution in [2.45, 2.75) is 20.4 Å². The molecule has 6 heteroatoms.